The second kappa shape index (κ2) is 13.7. The first-order chi connectivity index (χ1) is 16.5. The van der Waals surface area contributed by atoms with E-state index in [-0.39, 0.29) is 42.7 Å². The number of aliphatic hydroxyl groups is 3. The molecule has 0 aliphatic heterocycles. The number of carbonyl (C=O) groups excluding carboxylic acids is 1. The molecule has 196 valence electrons. The minimum atomic E-state index is -4.49. The molecular formula is C26H35F3O6. The van der Waals surface area contributed by atoms with Crippen molar-refractivity contribution in [3.63, 3.8) is 0 Å². The molecule has 2 rings (SSSR count). The Morgan fingerprint density at radius 2 is 1.94 bits per heavy atom. The summed E-state index contributed by atoms with van der Waals surface area (Å²) in [6, 6.07) is 4.40. The zero-order chi connectivity index (χ0) is 26.0. The molecule has 0 aromatic heterocycles. The molecule has 1 aliphatic carbocycles. The highest BCUT2D eigenvalue weighted by Crippen LogP contribution is 2.36. The largest absolute Gasteiger partial charge is 0.491 e. The highest BCUT2D eigenvalue weighted by Gasteiger charge is 2.39. The van der Waals surface area contributed by atoms with E-state index in [0.717, 1.165) is 12.1 Å². The standard InChI is InChI=1S/C26H35F3O6/c1-17(2)35-25(33)11-6-4-3-5-10-21-22(24(32)15-23(21)31)13-12-19(30)16-34-20-9-7-8-18(14-20)26(27,28)29/h3,5,7-9,12-14,17,19,21-24,30-32H,4,6,10-11,15-16H2,1-2H3/b5-3?,13-12+/t19-,21?,22-,23+,24-/m1/s1. The Kier molecular flexibility index (Phi) is 11.3. The average Bonchev–Trinajstić information content (AvgIpc) is 3.04. The number of carbonyl (C=O) groups is 1. The van der Waals surface area contributed by atoms with Crippen LogP contribution in [0.5, 0.6) is 5.75 Å². The van der Waals surface area contributed by atoms with E-state index in [4.69, 9.17) is 9.47 Å². The van der Waals surface area contributed by atoms with E-state index in [0.29, 0.717) is 25.7 Å². The Balaban J connectivity index is 1.82. The highest BCUT2D eigenvalue weighted by molar-refractivity contribution is 5.69. The number of benzene rings is 1. The maximum absolute atomic E-state index is 12.8. The number of hydrogen-bond donors (Lipinski definition) is 3. The van der Waals surface area contributed by atoms with Gasteiger partial charge in [-0.2, -0.15) is 13.2 Å². The third-order valence-electron chi connectivity index (χ3n) is 5.75. The Labute approximate surface area is 204 Å². The Bertz CT molecular complexity index is 852. The van der Waals surface area contributed by atoms with Crippen molar-refractivity contribution in [3.8, 4) is 5.75 Å². The predicted octanol–water partition coefficient (Wildman–Crippen LogP) is 4.43. The molecule has 9 heteroatoms. The second-order valence-corrected chi connectivity index (χ2v) is 9.04. The van der Waals surface area contributed by atoms with Gasteiger partial charge in [-0.1, -0.05) is 30.4 Å². The smallest absolute Gasteiger partial charge is 0.416 e. The highest BCUT2D eigenvalue weighted by atomic mass is 19.4. The zero-order valence-electron chi connectivity index (χ0n) is 20.0. The molecule has 0 saturated heterocycles. The Morgan fingerprint density at radius 1 is 1.20 bits per heavy atom. The van der Waals surface area contributed by atoms with Gasteiger partial charge in [0.15, 0.2) is 0 Å². The van der Waals surface area contributed by atoms with Crippen LogP contribution in [0.15, 0.2) is 48.6 Å². The fraction of sp³-hybridized carbons (Fsp3) is 0.577. The summed E-state index contributed by atoms with van der Waals surface area (Å²) < 4.78 is 48.8. The molecule has 0 radical (unpaired) electrons. The van der Waals surface area contributed by atoms with Crippen LogP contribution in [0.25, 0.3) is 0 Å². The van der Waals surface area contributed by atoms with Gasteiger partial charge in [-0.05, 0) is 57.2 Å². The number of hydrogen-bond acceptors (Lipinski definition) is 6. The lowest BCUT2D eigenvalue weighted by Gasteiger charge is -2.19. The number of rotatable bonds is 12. The van der Waals surface area contributed by atoms with Gasteiger partial charge >= 0.3 is 12.1 Å². The van der Waals surface area contributed by atoms with Gasteiger partial charge in [0.05, 0.1) is 23.9 Å². The summed E-state index contributed by atoms with van der Waals surface area (Å²) in [6.07, 6.45) is 2.09. The molecule has 0 amide bonds. The lowest BCUT2D eigenvalue weighted by Crippen LogP contribution is -2.21. The Morgan fingerprint density at radius 3 is 2.63 bits per heavy atom. The lowest BCUT2D eigenvalue weighted by atomic mass is 9.89. The number of alkyl halides is 3. The quantitative estimate of drug-likeness (QED) is 0.223. The van der Waals surface area contributed by atoms with Gasteiger partial charge in [0.25, 0.3) is 0 Å². The van der Waals surface area contributed by atoms with Crippen molar-refractivity contribution in [2.75, 3.05) is 6.61 Å². The number of allylic oxidation sites excluding steroid dienone is 2. The van der Waals surface area contributed by atoms with Gasteiger partial charge in [-0.15, -0.1) is 0 Å². The first-order valence-corrected chi connectivity index (χ1v) is 11.8. The first-order valence-electron chi connectivity index (χ1n) is 11.8. The number of ether oxygens (including phenoxy) is 2. The topological polar surface area (TPSA) is 96.2 Å². The molecule has 1 fully saturated rings. The van der Waals surface area contributed by atoms with Crippen LogP contribution in [0.1, 0.15) is 51.5 Å². The molecule has 0 bridgehead atoms. The van der Waals surface area contributed by atoms with Crippen molar-refractivity contribution in [1.82, 2.24) is 0 Å². The SMILES string of the molecule is CC(C)OC(=O)CCCC=CCC1[C@@H](/C=C/[C@@H](O)COc2cccc(C(F)(F)F)c2)[C@H](O)C[C@@H]1O. The summed E-state index contributed by atoms with van der Waals surface area (Å²) in [5.74, 6) is -0.883. The van der Waals surface area contributed by atoms with Crippen LogP contribution in [0.4, 0.5) is 13.2 Å². The van der Waals surface area contributed by atoms with Crippen LogP contribution in [0.3, 0.4) is 0 Å². The molecule has 1 saturated carbocycles. The number of aliphatic hydroxyl groups excluding tert-OH is 3. The minimum Gasteiger partial charge on any atom is -0.491 e. The molecule has 1 aromatic rings. The fourth-order valence-corrected chi connectivity index (χ4v) is 4.02. The van der Waals surface area contributed by atoms with Crippen LogP contribution < -0.4 is 4.74 Å². The Hall–Kier alpha value is -2.36. The van der Waals surface area contributed by atoms with Gasteiger partial charge in [-0.25, -0.2) is 0 Å². The maximum Gasteiger partial charge on any atom is 0.416 e. The molecule has 5 atom stereocenters. The van der Waals surface area contributed by atoms with E-state index in [9.17, 15) is 33.3 Å². The van der Waals surface area contributed by atoms with Crippen molar-refractivity contribution < 1.29 is 42.8 Å². The minimum absolute atomic E-state index is 0.0101. The van der Waals surface area contributed by atoms with Crippen LogP contribution in [0.2, 0.25) is 0 Å². The van der Waals surface area contributed by atoms with E-state index in [2.05, 4.69) is 0 Å². The van der Waals surface area contributed by atoms with Gasteiger partial charge in [-0.3, -0.25) is 4.79 Å². The normalized spacial score (nSPS) is 23.9. The molecule has 3 N–H and O–H groups in total. The third kappa shape index (κ3) is 10.0. The molecule has 35 heavy (non-hydrogen) atoms. The van der Waals surface area contributed by atoms with Crippen LogP contribution >= 0.6 is 0 Å². The van der Waals surface area contributed by atoms with E-state index in [1.54, 1.807) is 19.9 Å². The summed E-state index contributed by atoms with van der Waals surface area (Å²) in [5, 5.41) is 30.8. The zero-order valence-corrected chi connectivity index (χ0v) is 20.0. The molecule has 1 unspecified atom stereocenters. The van der Waals surface area contributed by atoms with Gasteiger partial charge in [0, 0.05) is 18.8 Å². The summed E-state index contributed by atoms with van der Waals surface area (Å²) in [5.41, 5.74) is -0.838. The molecule has 6 nitrogen and oxygen atoms in total. The average molecular weight is 501 g/mol. The molecule has 0 spiro atoms. The summed E-state index contributed by atoms with van der Waals surface area (Å²) in [6.45, 7) is 3.34. The summed E-state index contributed by atoms with van der Waals surface area (Å²) >= 11 is 0. The van der Waals surface area contributed by atoms with Crippen molar-refractivity contribution in [3.05, 3.63) is 54.1 Å². The van der Waals surface area contributed by atoms with Crippen molar-refractivity contribution >= 4 is 5.97 Å². The fourth-order valence-electron chi connectivity index (χ4n) is 4.02. The van der Waals surface area contributed by atoms with E-state index in [1.165, 1.54) is 18.2 Å². The number of unbranched alkanes of at least 4 members (excludes halogenated alkanes) is 1. The van der Waals surface area contributed by atoms with Crippen molar-refractivity contribution in [2.24, 2.45) is 11.8 Å². The summed E-state index contributed by atoms with van der Waals surface area (Å²) in [7, 11) is 0. The molecule has 0 heterocycles. The van der Waals surface area contributed by atoms with E-state index >= 15 is 0 Å². The number of halogens is 3. The van der Waals surface area contributed by atoms with E-state index < -0.39 is 30.1 Å². The van der Waals surface area contributed by atoms with Gasteiger partial charge in [0.1, 0.15) is 18.5 Å². The van der Waals surface area contributed by atoms with Crippen LogP contribution in [-0.2, 0) is 15.7 Å². The number of esters is 1. The molecular weight excluding hydrogens is 465 g/mol. The van der Waals surface area contributed by atoms with Gasteiger partial charge < -0.3 is 24.8 Å². The van der Waals surface area contributed by atoms with Crippen LogP contribution in [0, 0.1) is 11.8 Å². The monoisotopic (exact) mass is 500 g/mol. The third-order valence-corrected chi connectivity index (χ3v) is 5.75. The lowest BCUT2D eigenvalue weighted by molar-refractivity contribution is -0.147. The predicted molar refractivity (Wildman–Crippen MR) is 125 cm³/mol. The second-order valence-electron chi connectivity index (χ2n) is 9.04. The molecule has 1 aliphatic rings. The van der Waals surface area contributed by atoms with Crippen molar-refractivity contribution in [2.45, 2.75) is 76.5 Å². The van der Waals surface area contributed by atoms with Crippen molar-refractivity contribution in [1.29, 1.82) is 0 Å². The van der Waals surface area contributed by atoms with Gasteiger partial charge in [0.2, 0.25) is 0 Å². The summed E-state index contributed by atoms with van der Waals surface area (Å²) in [4.78, 5) is 11.5. The van der Waals surface area contributed by atoms with E-state index in [1.807, 2.05) is 12.2 Å². The van der Waals surface area contributed by atoms with Crippen LogP contribution in [-0.4, -0.2) is 52.3 Å². The molecule has 1 aromatic carbocycles. The maximum atomic E-state index is 12.8. The first kappa shape index (κ1) is 28.9.